The number of benzene rings is 1. The van der Waals surface area contributed by atoms with Crippen molar-refractivity contribution in [2.75, 3.05) is 20.1 Å². The fourth-order valence-corrected chi connectivity index (χ4v) is 3.68. The average molecular weight is 304 g/mol. The van der Waals surface area contributed by atoms with E-state index >= 15 is 0 Å². The molecule has 22 heavy (non-hydrogen) atoms. The van der Waals surface area contributed by atoms with Crippen LogP contribution in [0.4, 0.5) is 4.39 Å². The van der Waals surface area contributed by atoms with Crippen molar-refractivity contribution in [3.63, 3.8) is 0 Å². The summed E-state index contributed by atoms with van der Waals surface area (Å²) in [6, 6.07) is 6.33. The third-order valence-corrected chi connectivity index (χ3v) is 4.94. The second kappa shape index (κ2) is 6.07. The SMILES string of the molecule is CN1C(=O)CCC[C@H]2CN(C(=O)c3ccccc3F)CC[C@H]21. The molecule has 2 aliphatic rings. The molecule has 2 heterocycles. The van der Waals surface area contributed by atoms with Crippen LogP contribution in [0.25, 0.3) is 0 Å². The van der Waals surface area contributed by atoms with Crippen molar-refractivity contribution in [2.24, 2.45) is 5.92 Å². The number of likely N-dealkylation sites (tertiary alicyclic amines) is 2. The number of hydrogen-bond donors (Lipinski definition) is 0. The van der Waals surface area contributed by atoms with Gasteiger partial charge in [0.15, 0.2) is 0 Å². The summed E-state index contributed by atoms with van der Waals surface area (Å²) >= 11 is 0. The first-order valence-corrected chi connectivity index (χ1v) is 7.87. The topological polar surface area (TPSA) is 40.6 Å². The smallest absolute Gasteiger partial charge is 0.256 e. The second-order valence-electron chi connectivity index (χ2n) is 6.24. The van der Waals surface area contributed by atoms with Gasteiger partial charge < -0.3 is 9.80 Å². The largest absolute Gasteiger partial charge is 0.342 e. The molecule has 0 bridgehead atoms. The first-order chi connectivity index (χ1) is 10.6. The Hall–Kier alpha value is -1.91. The number of hydrogen-bond acceptors (Lipinski definition) is 2. The third kappa shape index (κ3) is 2.72. The molecule has 2 atom stereocenters. The highest BCUT2D eigenvalue weighted by Gasteiger charge is 2.37. The average Bonchev–Trinajstić information content (AvgIpc) is 2.66. The van der Waals surface area contributed by atoms with E-state index in [4.69, 9.17) is 0 Å². The molecule has 0 spiro atoms. The molecule has 0 aliphatic carbocycles. The van der Waals surface area contributed by atoms with Crippen LogP contribution in [0.5, 0.6) is 0 Å². The van der Waals surface area contributed by atoms with Gasteiger partial charge in [-0.2, -0.15) is 0 Å². The second-order valence-corrected chi connectivity index (χ2v) is 6.24. The lowest BCUT2D eigenvalue weighted by atomic mass is 9.88. The lowest BCUT2D eigenvalue weighted by Crippen LogP contribution is -2.51. The van der Waals surface area contributed by atoms with Gasteiger partial charge in [0.25, 0.3) is 5.91 Å². The molecule has 0 unspecified atom stereocenters. The zero-order valence-electron chi connectivity index (χ0n) is 12.8. The minimum absolute atomic E-state index is 0.138. The van der Waals surface area contributed by atoms with Crippen molar-refractivity contribution in [1.29, 1.82) is 0 Å². The van der Waals surface area contributed by atoms with Gasteiger partial charge in [0, 0.05) is 32.6 Å². The number of rotatable bonds is 1. The Bertz CT molecular complexity index is 590. The van der Waals surface area contributed by atoms with Crippen molar-refractivity contribution in [3.8, 4) is 0 Å². The normalized spacial score (nSPS) is 25.6. The molecular weight excluding hydrogens is 283 g/mol. The minimum Gasteiger partial charge on any atom is -0.342 e. The van der Waals surface area contributed by atoms with Crippen LogP contribution in [0, 0.1) is 11.7 Å². The monoisotopic (exact) mass is 304 g/mol. The highest BCUT2D eigenvalue weighted by atomic mass is 19.1. The van der Waals surface area contributed by atoms with Gasteiger partial charge in [-0.25, -0.2) is 4.39 Å². The molecule has 1 aromatic rings. The number of amides is 2. The first-order valence-electron chi connectivity index (χ1n) is 7.87. The molecule has 1 aromatic carbocycles. The molecule has 0 aromatic heterocycles. The van der Waals surface area contributed by atoms with Crippen molar-refractivity contribution in [1.82, 2.24) is 9.80 Å². The Labute approximate surface area is 129 Å². The molecule has 118 valence electrons. The van der Waals surface area contributed by atoms with Gasteiger partial charge in [0.1, 0.15) is 5.82 Å². The van der Waals surface area contributed by atoms with Gasteiger partial charge in [-0.3, -0.25) is 9.59 Å². The highest BCUT2D eigenvalue weighted by Crippen LogP contribution is 2.30. The van der Waals surface area contributed by atoms with E-state index in [-0.39, 0.29) is 23.4 Å². The first kappa shape index (κ1) is 15.0. The molecule has 2 saturated heterocycles. The minimum atomic E-state index is -0.470. The highest BCUT2D eigenvalue weighted by molar-refractivity contribution is 5.94. The fourth-order valence-electron chi connectivity index (χ4n) is 3.68. The van der Waals surface area contributed by atoms with Crippen LogP contribution in [-0.4, -0.2) is 47.8 Å². The summed E-state index contributed by atoms with van der Waals surface area (Å²) in [5.74, 6) is -0.222. The summed E-state index contributed by atoms with van der Waals surface area (Å²) < 4.78 is 13.8. The molecule has 3 rings (SSSR count). The van der Waals surface area contributed by atoms with Crippen molar-refractivity contribution in [2.45, 2.75) is 31.7 Å². The molecule has 2 fully saturated rings. The van der Waals surface area contributed by atoms with Crippen LogP contribution in [0.1, 0.15) is 36.0 Å². The maximum atomic E-state index is 13.8. The summed E-state index contributed by atoms with van der Waals surface area (Å²) in [6.07, 6.45) is 3.17. The molecule has 0 radical (unpaired) electrons. The predicted molar refractivity (Wildman–Crippen MR) is 80.8 cm³/mol. The summed E-state index contributed by atoms with van der Waals surface area (Å²) in [6.45, 7) is 1.18. The van der Waals surface area contributed by atoms with E-state index < -0.39 is 5.82 Å². The van der Waals surface area contributed by atoms with E-state index in [1.807, 2.05) is 11.9 Å². The summed E-state index contributed by atoms with van der Waals surface area (Å²) in [5, 5.41) is 0. The fraction of sp³-hybridized carbons (Fsp3) is 0.529. The summed E-state index contributed by atoms with van der Waals surface area (Å²) in [4.78, 5) is 28.1. The lowest BCUT2D eigenvalue weighted by Gasteiger charge is -2.41. The van der Waals surface area contributed by atoms with Crippen LogP contribution in [0.3, 0.4) is 0 Å². The molecule has 2 amide bonds. The molecule has 0 N–H and O–H groups in total. The Morgan fingerprint density at radius 2 is 2.05 bits per heavy atom. The van der Waals surface area contributed by atoms with Crippen LogP contribution < -0.4 is 0 Å². The van der Waals surface area contributed by atoms with E-state index in [1.54, 1.807) is 17.0 Å². The maximum Gasteiger partial charge on any atom is 0.256 e. The Balaban J connectivity index is 1.75. The third-order valence-electron chi connectivity index (χ3n) is 4.94. The van der Waals surface area contributed by atoms with Crippen LogP contribution in [-0.2, 0) is 4.79 Å². The number of piperidine rings is 1. The van der Waals surface area contributed by atoms with Gasteiger partial charge in [-0.1, -0.05) is 12.1 Å². The van der Waals surface area contributed by atoms with E-state index in [1.165, 1.54) is 12.1 Å². The van der Waals surface area contributed by atoms with Gasteiger partial charge in [0.05, 0.1) is 5.56 Å². The zero-order valence-corrected chi connectivity index (χ0v) is 12.8. The number of nitrogens with zero attached hydrogens (tertiary/aromatic N) is 2. The zero-order chi connectivity index (χ0) is 15.7. The lowest BCUT2D eigenvalue weighted by molar-refractivity contribution is -0.132. The van der Waals surface area contributed by atoms with Crippen LogP contribution in [0.15, 0.2) is 24.3 Å². The number of carbonyl (C=O) groups is 2. The molecule has 4 nitrogen and oxygen atoms in total. The molecule has 5 heteroatoms. The maximum absolute atomic E-state index is 13.8. The standard InChI is InChI=1S/C17H21FN2O2/c1-19-15-9-10-20(11-12(15)5-4-8-16(19)21)17(22)13-6-2-3-7-14(13)18/h2-3,6-7,12,15H,4-5,8-11H2,1H3/t12-,15+/m0/s1. The van der Waals surface area contributed by atoms with Crippen LogP contribution in [0.2, 0.25) is 0 Å². The van der Waals surface area contributed by atoms with Gasteiger partial charge in [-0.15, -0.1) is 0 Å². The molecule has 0 saturated carbocycles. The summed E-state index contributed by atoms with van der Waals surface area (Å²) in [7, 11) is 1.86. The van der Waals surface area contributed by atoms with Gasteiger partial charge in [-0.05, 0) is 37.3 Å². The van der Waals surface area contributed by atoms with Gasteiger partial charge >= 0.3 is 0 Å². The molecule has 2 aliphatic heterocycles. The van der Waals surface area contributed by atoms with Crippen molar-refractivity contribution in [3.05, 3.63) is 35.6 Å². The van der Waals surface area contributed by atoms with Crippen molar-refractivity contribution >= 4 is 11.8 Å². The number of carbonyl (C=O) groups excluding carboxylic acids is 2. The number of fused-ring (bicyclic) bond motifs is 1. The van der Waals surface area contributed by atoms with Crippen molar-refractivity contribution < 1.29 is 14.0 Å². The van der Waals surface area contributed by atoms with E-state index in [9.17, 15) is 14.0 Å². The van der Waals surface area contributed by atoms with E-state index in [0.717, 1.165) is 19.3 Å². The van der Waals surface area contributed by atoms with Gasteiger partial charge in [0.2, 0.25) is 5.91 Å². The van der Waals surface area contributed by atoms with E-state index in [0.29, 0.717) is 25.4 Å². The Morgan fingerprint density at radius 3 is 2.82 bits per heavy atom. The molecular formula is C17H21FN2O2. The number of halogens is 1. The quantitative estimate of drug-likeness (QED) is 0.799. The van der Waals surface area contributed by atoms with E-state index in [2.05, 4.69) is 0 Å². The Kier molecular flexibility index (Phi) is 4.14. The summed E-state index contributed by atoms with van der Waals surface area (Å²) in [5.41, 5.74) is 0.138. The predicted octanol–water partition coefficient (Wildman–Crippen LogP) is 2.30. The van der Waals surface area contributed by atoms with Crippen LogP contribution >= 0.6 is 0 Å². The Morgan fingerprint density at radius 1 is 1.27 bits per heavy atom.